The van der Waals surface area contributed by atoms with E-state index in [-0.39, 0.29) is 17.4 Å². The number of nitrogens with one attached hydrogen (secondary N) is 1. The molecule has 28 heavy (non-hydrogen) atoms. The number of amides is 1. The van der Waals surface area contributed by atoms with Gasteiger partial charge in [0.1, 0.15) is 0 Å². The minimum atomic E-state index is -0.712. The van der Waals surface area contributed by atoms with Gasteiger partial charge in [-0.15, -0.1) is 0 Å². The Morgan fingerprint density at radius 3 is 2.71 bits per heavy atom. The maximum absolute atomic E-state index is 12.9. The van der Waals surface area contributed by atoms with Crippen LogP contribution in [0.15, 0.2) is 59.8 Å². The first-order valence-corrected chi connectivity index (χ1v) is 9.14. The van der Waals surface area contributed by atoms with Crippen LogP contribution in [0.25, 0.3) is 0 Å². The molecule has 7 nitrogen and oxygen atoms in total. The van der Waals surface area contributed by atoms with Gasteiger partial charge in [-0.1, -0.05) is 24.3 Å². The number of benzene rings is 2. The van der Waals surface area contributed by atoms with E-state index in [2.05, 4.69) is 5.32 Å². The second-order valence-electron chi connectivity index (χ2n) is 6.95. The van der Waals surface area contributed by atoms with Crippen molar-refractivity contribution in [2.24, 2.45) is 0 Å². The van der Waals surface area contributed by atoms with Gasteiger partial charge < -0.3 is 5.32 Å². The zero-order valence-corrected chi connectivity index (χ0v) is 15.3. The highest BCUT2D eigenvalue weighted by Crippen LogP contribution is 2.45. The number of anilines is 2. The predicted octanol–water partition coefficient (Wildman–Crippen LogP) is 4.12. The van der Waals surface area contributed by atoms with Gasteiger partial charge in [0.2, 0.25) is 5.91 Å². The highest BCUT2D eigenvalue weighted by molar-refractivity contribution is 6.05. The third kappa shape index (κ3) is 2.94. The van der Waals surface area contributed by atoms with E-state index < -0.39 is 11.0 Å². The van der Waals surface area contributed by atoms with Crippen molar-refractivity contribution in [1.82, 2.24) is 0 Å². The highest BCUT2D eigenvalue weighted by Gasteiger charge is 2.38. The van der Waals surface area contributed by atoms with Crippen LogP contribution in [0.3, 0.4) is 0 Å². The highest BCUT2D eigenvalue weighted by atomic mass is 16.6. The summed E-state index contributed by atoms with van der Waals surface area (Å²) in [4.78, 5) is 38.1. The van der Waals surface area contributed by atoms with Gasteiger partial charge >= 0.3 is 0 Å². The zero-order chi connectivity index (χ0) is 19.8. The van der Waals surface area contributed by atoms with E-state index >= 15 is 0 Å². The monoisotopic (exact) mass is 377 g/mol. The molecule has 0 unspecified atom stereocenters. The lowest BCUT2D eigenvalue weighted by Crippen LogP contribution is -2.36. The molecule has 0 saturated carbocycles. The number of non-ortho nitro benzene ring substituents is 1. The molecular weight excluding hydrogens is 358 g/mol. The van der Waals surface area contributed by atoms with Crippen molar-refractivity contribution < 1.29 is 14.5 Å². The molecule has 1 amide bonds. The predicted molar refractivity (Wildman–Crippen MR) is 105 cm³/mol. The van der Waals surface area contributed by atoms with Crippen LogP contribution in [0.5, 0.6) is 0 Å². The van der Waals surface area contributed by atoms with E-state index in [0.29, 0.717) is 29.7 Å². The molecule has 142 valence electrons. The van der Waals surface area contributed by atoms with Crippen LogP contribution in [0.1, 0.15) is 37.8 Å². The number of hydrogen-bond acceptors (Lipinski definition) is 5. The standard InChI is InChI=1S/C21H19N3O4/c1-13(25)23-18-10-3-2-8-16(18)22-17-9-5-11-19(26)20(17)21(23)14-6-4-7-15(12-14)24(27)28/h2-4,6-8,10,12,21-22H,5,9,11H2,1H3/t21-/m1/s1. The number of Topliss-reactive ketones (excluding diaryl/α,β-unsaturated/α-hetero) is 1. The molecule has 2 aliphatic rings. The second-order valence-corrected chi connectivity index (χ2v) is 6.95. The molecule has 1 N–H and O–H groups in total. The van der Waals surface area contributed by atoms with Gasteiger partial charge in [0, 0.05) is 36.7 Å². The Bertz CT molecular complexity index is 1030. The lowest BCUT2D eigenvalue weighted by Gasteiger charge is -2.33. The summed E-state index contributed by atoms with van der Waals surface area (Å²) in [6.07, 6.45) is 1.81. The third-order valence-corrected chi connectivity index (χ3v) is 5.17. The molecule has 0 radical (unpaired) electrons. The van der Waals surface area contributed by atoms with E-state index in [1.54, 1.807) is 17.0 Å². The van der Waals surface area contributed by atoms with Crippen molar-refractivity contribution in [3.8, 4) is 0 Å². The van der Waals surface area contributed by atoms with Crippen LogP contribution in [-0.4, -0.2) is 16.6 Å². The largest absolute Gasteiger partial charge is 0.357 e. The number of nitro groups is 1. The molecule has 0 aromatic heterocycles. The summed E-state index contributed by atoms with van der Waals surface area (Å²) in [5.41, 5.74) is 3.16. The molecule has 7 heteroatoms. The molecule has 1 aliphatic carbocycles. The van der Waals surface area contributed by atoms with Crippen molar-refractivity contribution in [3.05, 3.63) is 75.5 Å². The Morgan fingerprint density at radius 2 is 1.96 bits per heavy atom. The van der Waals surface area contributed by atoms with Crippen molar-refractivity contribution in [2.75, 3.05) is 10.2 Å². The minimum absolute atomic E-state index is 0.0377. The lowest BCUT2D eigenvalue weighted by atomic mass is 9.85. The third-order valence-electron chi connectivity index (χ3n) is 5.17. The summed E-state index contributed by atoms with van der Waals surface area (Å²) in [5.74, 6) is -0.276. The van der Waals surface area contributed by atoms with Crippen LogP contribution in [-0.2, 0) is 9.59 Å². The normalized spacial score (nSPS) is 18.7. The summed E-state index contributed by atoms with van der Waals surface area (Å²) >= 11 is 0. The number of allylic oxidation sites excluding steroid dienone is 1. The zero-order valence-electron chi connectivity index (χ0n) is 15.3. The number of nitro benzene ring substituents is 1. The molecule has 4 rings (SSSR count). The van der Waals surface area contributed by atoms with E-state index in [4.69, 9.17) is 0 Å². The van der Waals surface area contributed by atoms with Gasteiger partial charge in [-0.3, -0.25) is 24.6 Å². The Kier molecular flexibility index (Phi) is 4.43. The lowest BCUT2D eigenvalue weighted by molar-refractivity contribution is -0.384. The van der Waals surface area contributed by atoms with E-state index in [0.717, 1.165) is 17.8 Å². The van der Waals surface area contributed by atoms with Crippen LogP contribution in [0.2, 0.25) is 0 Å². The number of rotatable bonds is 2. The summed E-state index contributed by atoms with van der Waals surface area (Å²) < 4.78 is 0. The topological polar surface area (TPSA) is 92.6 Å². The Labute approximate surface area is 161 Å². The molecule has 2 aromatic rings. The maximum Gasteiger partial charge on any atom is 0.269 e. The number of para-hydroxylation sites is 2. The van der Waals surface area contributed by atoms with Gasteiger partial charge in [0.05, 0.1) is 22.3 Å². The van der Waals surface area contributed by atoms with Crippen LogP contribution >= 0.6 is 0 Å². The average Bonchev–Trinajstić information content (AvgIpc) is 2.83. The average molecular weight is 377 g/mol. The first kappa shape index (κ1) is 17.9. The number of ketones is 1. The van der Waals surface area contributed by atoms with E-state index in [1.807, 2.05) is 24.3 Å². The summed E-state index contributed by atoms with van der Waals surface area (Å²) in [6.45, 7) is 1.44. The Morgan fingerprint density at radius 1 is 1.18 bits per heavy atom. The van der Waals surface area contributed by atoms with Crippen molar-refractivity contribution >= 4 is 28.8 Å². The van der Waals surface area contributed by atoms with Crippen molar-refractivity contribution in [2.45, 2.75) is 32.2 Å². The van der Waals surface area contributed by atoms with Crippen LogP contribution in [0.4, 0.5) is 17.1 Å². The van der Waals surface area contributed by atoms with Gasteiger partial charge in [0.25, 0.3) is 5.69 Å². The number of carbonyl (C=O) groups excluding carboxylic acids is 2. The fraction of sp³-hybridized carbons (Fsp3) is 0.238. The van der Waals surface area contributed by atoms with Crippen molar-refractivity contribution in [1.29, 1.82) is 0 Å². The molecule has 0 fully saturated rings. The fourth-order valence-electron chi connectivity index (χ4n) is 4.01. The SMILES string of the molecule is CC(=O)N1c2ccccc2NC2=C(C(=O)CCC2)[C@H]1c1cccc([N+](=O)[O-])c1. The summed E-state index contributed by atoms with van der Waals surface area (Å²) in [7, 11) is 0. The molecule has 1 atom stereocenters. The number of hydrogen-bond donors (Lipinski definition) is 1. The van der Waals surface area contributed by atoms with Crippen LogP contribution < -0.4 is 10.2 Å². The first-order chi connectivity index (χ1) is 13.5. The smallest absolute Gasteiger partial charge is 0.269 e. The van der Waals surface area contributed by atoms with Crippen LogP contribution in [0, 0.1) is 10.1 Å². The number of fused-ring (bicyclic) bond motifs is 1. The molecule has 0 bridgehead atoms. The summed E-state index contributed by atoms with van der Waals surface area (Å²) in [6, 6.07) is 12.8. The first-order valence-electron chi connectivity index (χ1n) is 9.14. The minimum Gasteiger partial charge on any atom is -0.357 e. The summed E-state index contributed by atoms with van der Waals surface area (Å²) in [5, 5.41) is 14.6. The molecule has 0 spiro atoms. The van der Waals surface area contributed by atoms with E-state index in [1.165, 1.54) is 19.1 Å². The fourth-order valence-corrected chi connectivity index (χ4v) is 4.01. The second kappa shape index (κ2) is 6.92. The molecular formula is C21H19N3O4. The molecule has 1 aliphatic heterocycles. The van der Waals surface area contributed by atoms with Gasteiger partial charge in [0.15, 0.2) is 5.78 Å². The Hall–Kier alpha value is -3.48. The van der Waals surface area contributed by atoms with E-state index in [9.17, 15) is 19.7 Å². The maximum atomic E-state index is 12.9. The Balaban J connectivity index is 2.00. The molecule has 0 saturated heterocycles. The number of nitrogens with zero attached hydrogens (tertiary/aromatic N) is 2. The van der Waals surface area contributed by atoms with Crippen molar-refractivity contribution in [3.63, 3.8) is 0 Å². The van der Waals surface area contributed by atoms with Gasteiger partial charge in [-0.25, -0.2) is 0 Å². The molecule has 2 aromatic carbocycles. The van der Waals surface area contributed by atoms with Gasteiger partial charge in [-0.05, 0) is 30.5 Å². The number of carbonyl (C=O) groups is 2. The quantitative estimate of drug-likeness (QED) is 0.628. The molecule has 1 heterocycles. The van der Waals surface area contributed by atoms with Gasteiger partial charge in [-0.2, -0.15) is 0 Å².